The molecule has 1 aromatic rings. The molecule has 0 radical (unpaired) electrons. The lowest BCUT2D eigenvalue weighted by Gasteiger charge is -2.18. The van der Waals surface area contributed by atoms with Gasteiger partial charge in [0.1, 0.15) is 11.5 Å². The van der Waals surface area contributed by atoms with Crippen LogP contribution in [0.5, 0.6) is 0 Å². The van der Waals surface area contributed by atoms with Crippen molar-refractivity contribution < 1.29 is 14.4 Å². The van der Waals surface area contributed by atoms with Crippen molar-refractivity contribution >= 4 is 23.0 Å². The number of rotatable bonds is 4. The number of benzene rings is 1. The number of nitrogens with zero attached hydrogens (tertiary/aromatic N) is 1. The first-order valence-electron chi connectivity index (χ1n) is 4.80. The van der Waals surface area contributed by atoms with Crippen molar-refractivity contribution in [1.82, 2.24) is 0 Å². The monoisotopic (exact) mass is 262 g/mol. The first kappa shape index (κ1) is 13.7. The molecule has 0 amide bonds. The van der Waals surface area contributed by atoms with Crippen LogP contribution in [0.3, 0.4) is 0 Å². The topological polar surface area (TPSA) is 75.4 Å². The quantitative estimate of drug-likeness (QED) is 0.646. The molecule has 0 bridgehead atoms. The summed E-state index contributed by atoms with van der Waals surface area (Å²) < 4.78 is 13.2. The van der Waals surface area contributed by atoms with E-state index in [0.717, 1.165) is 12.1 Å². The molecule has 1 rings (SSSR count). The Bertz CT molecular complexity index is 446. The molecule has 0 unspecified atom stereocenters. The third-order valence-corrected chi connectivity index (χ3v) is 2.24. The first-order valence-corrected chi connectivity index (χ1v) is 5.18. The Morgan fingerprint density at radius 1 is 1.59 bits per heavy atom. The van der Waals surface area contributed by atoms with Crippen molar-refractivity contribution in [3.8, 4) is 0 Å². The van der Waals surface area contributed by atoms with Crippen molar-refractivity contribution in [2.24, 2.45) is 0 Å². The molecule has 0 aliphatic carbocycles. The van der Waals surface area contributed by atoms with Gasteiger partial charge in [-0.3, -0.25) is 10.1 Å². The number of aliphatic hydroxyl groups is 1. The molecule has 0 fully saturated rings. The smallest absolute Gasteiger partial charge is 0.294 e. The molecule has 1 aromatic carbocycles. The molecule has 0 aliphatic rings. The summed E-state index contributed by atoms with van der Waals surface area (Å²) >= 11 is 5.46. The zero-order valence-electron chi connectivity index (χ0n) is 9.33. The van der Waals surface area contributed by atoms with Crippen LogP contribution in [0.4, 0.5) is 15.8 Å². The van der Waals surface area contributed by atoms with Gasteiger partial charge in [0.15, 0.2) is 0 Å². The van der Waals surface area contributed by atoms with Gasteiger partial charge in [-0.2, -0.15) is 0 Å². The highest BCUT2D eigenvalue weighted by atomic mass is 35.5. The van der Waals surface area contributed by atoms with Gasteiger partial charge in [0.25, 0.3) is 5.69 Å². The SMILES string of the molecule is CC(C)(O)CNc1cc(F)c(Cl)cc1[N+](=O)[O-]. The van der Waals surface area contributed by atoms with Crippen LogP contribution < -0.4 is 5.32 Å². The lowest BCUT2D eigenvalue weighted by atomic mass is 10.1. The number of nitro benzene ring substituents is 1. The van der Waals surface area contributed by atoms with Gasteiger partial charge in [-0.1, -0.05) is 11.6 Å². The maximum Gasteiger partial charge on any atom is 0.294 e. The fraction of sp³-hybridized carbons (Fsp3) is 0.400. The molecule has 0 heterocycles. The highest BCUT2D eigenvalue weighted by Crippen LogP contribution is 2.30. The molecule has 0 atom stereocenters. The fourth-order valence-corrected chi connectivity index (χ4v) is 1.30. The zero-order valence-corrected chi connectivity index (χ0v) is 10.1. The van der Waals surface area contributed by atoms with Crippen molar-refractivity contribution in [2.75, 3.05) is 11.9 Å². The van der Waals surface area contributed by atoms with Crippen LogP contribution in [-0.2, 0) is 0 Å². The summed E-state index contributed by atoms with van der Waals surface area (Å²) in [5.74, 6) is -0.754. The van der Waals surface area contributed by atoms with Crippen LogP contribution in [-0.4, -0.2) is 22.2 Å². The van der Waals surface area contributed by atoms with Crippen molar-refractivity contribution in [1.29, 1.82) is 0 Å². The predicted molar refractivity (Wildman–Crippen MR) is 62.9 cm³/mol. The number of hydrogen-bond donors (Lipinski definition) is 2. The Morgan fingerprint density at radius 2 is 2.18 bits per heavy atom. The summed E-state index contributed by atoms with van der Waals surface area (Å²) in [4.78, 5) is 10.1. The van der Waals surface area contributed by atoms with Crippen molar-refractivity contribution in [3.05, 3.63) is 33.1 Å². The molecule has 0 saturated carbocycles. The normalized spacial score (nSPS) is 11.4. The summed E-state index contributed by atoms with van der Waals surface area (Å²) in [5, 5.41) is 22.5. The zero-order chi connectivity index (χ0) is 13.2. The van der Waals surface area contributed by atoms with Crippen LogP contribution >= 0.6 is 11.6 Å². The first-order chi connectivity index (χ1) is 7.70. The van der Waals surface area contributed by atoms with E-state index >= 15 is 0 Å². The van der Waals surface area contributed by atoms with Crippen LogP contribution in [0.1, 0.15) is 13.8 Å². The number of anilines is 1. The van der Waals surface area contributed by atoms with E-state index < -0.39 is 16.3 Å². The van der Waals surface area contributed by atoms with Crippen LogP contribution in [0.25, 0.3) is 0 Å². The average Bonchev–Trinajstić information content (AvgIpc) is 2.17. The number of nitro groups is 1. The minimum Gasteiger partial charge on any atom is -0.389 e. The van der Waals surface area contributed by atoms with Gasteiger partial charge < -0.3 is 10.4 Å². The van der Waals surface area contributed by atoms with E-state index in [-0.39, 0.29) is 22.9 Å². The van der Waals surface area contributed by atoms with Gasteiger partial charge in [-0.15, -0.1) is 0 Å². The van der Waals surface area contributed by atoms with Crippen LogP contribution in [0.2, 0.25) is 5.02 Å². The molecule has 5 nitrogen and oxygen atoms in total. The van der Waals surface area contributed by atoms with E-state index in [2.05, 4.69) is 5.32 Å². The molecule has 2 N–H and O–H groups in total. The Kier molecular flexibility index (Phi) is 3.90. The van der Waals surface area contributed by atoms with Crippen molar-refractivity contribution in [2.45, 2.75) is 19.4 Å². The minimum atomic E-state index is -1.07. The standard InChI is InChI=1S/C10H12ClFN2O3/c1-10(2,15)5-13-8-4-7(12)6(11)3-9(8)14(16)17/h3-4,13,15H,5H2,1-2H3. The number of nitrogens with one attached hydrogen (secondary N) is 1. The average molecular weight is 263 g/mol. The second-order valence-electron chi connectivity index (χ2n) is 4.21. The predicted octanol–water partition coefficient (Wildman–Crippen LogP) is 2.57. The maximum atomic E-state index is 13.2. The number of halogens is 2. The van der Waals surface area contributed by atoms with Gasteiger partial charge in [0.05, 0.1) is 15.5 Å². The van der Waals surface area contributed by atoms with Gasteiger partial charge in [-0.05, 0) is 13.8 Å². The van der Waals surface area contributed by atoms with Gasteiger partial charge in [0, 0.05) is 18.7 Å². The largest absolute Gasteiger partial charge is 0.389 e. The molecule has 0 spiro atoms. The van der Waals surface area contributed by atoms with E-state index in [1.165, 1.54) is 13.8 Å². The van der Waals surface area contributed by atoms with Crippen LogP contribution in [0.15, 0.2) is 12.1 Å². The molecule has 0 aliphatic heterocycles. The van der Waals surface area contributed by atoms with Gasteiger partial charge in [-0.25, -0.2) is 4.39 Å². The van der Waals surface area contributed by atoms with E-state index in [9.17, 15) is 19.6 Å². The maximum absolute atomic E-state index is 13.2. The second kappa shape index (κ2) is 4.85. The fourth-order valence-electron chi connectivity index (χ4n) is 1.14. The van der Waals surface area contributed by atoms with E-state index in [4.69, 9.17) is 11.6 Å². The third-order valence-electron chi connectivity index (χ3n) is 1.95. The molecular weight excluding hydrogens is 251 g/mol. The summed E-state index contributed by atoms with van der Waals surface area (Å²) in [5.41, 5.74) is -1.41. The molecule has 0 saturated heterocycles. The van der Waals surface area contributed by atoms with Crippen molar-refractivity contribution in [3.63, 3.8) is 0 Å². The minimum absolute atomic E-state index is 0.0148. The third kappa shape index (κ3) is 3.83. The lowest BCUT2D eigenvalue weighted by Crippen LogP contribution is -2.29. The second-order valence-corrected chi connectivity index (χ2v) is 4.61. The van der Waals surface area contributed by atoms with E-state index in [1.807, 2.05) is 0 Å². The highest BCUT2D eigenvalue weighted by molar-refractivity contribution is 6.31. The Balaban J connectivity index is 3.05. The summed E-state index contributed by atoms with van der Waals surface area (Å²) in [6.07, 6.45) is 0. The molecular formula is C10H12ClFN2O3. The molecule has 0 aromatic heterocycles. The molecule has 94 valence electrons. The summed E-state index contributed by atoms with van der Waals surface area (Å²) in [7, 11) is 0. The lowest BCUT2D eigenvalue weighted by molar-refractivity contribution is -0.384. The highest BCUT2D eigenvalue weighted by Gasteiger charge is 2.20. The van der Waals surface area contributed by atoms with E-state index in [0.29, 0.717) is 0 Å². The molecule has 17 heavy (non-hydrogen) atoms. The Morgan fingerprint density at radius 3 is 2.65 bits per heavy atom. The Hall–Kier alpha value is -1.40. The Labute approximate surface area is 102 Å². The van der Waals surface area contributed by atoms with Gasteiger partial charge >= 0.3 is 0 Å². The summed E-state index contributed by atoms with van der Waals surface area (Å²) in [6.45, 7) is 3.10. The summed E-state index contributed by atoms with van der Waals surface area (Å²) in [6, 6.07) is 1.87. The van der Waals surface area contributed by atoms with E-state index in [1.54, 1.807) is 0 Å². The molecule has 7 heteroatoms. The van der Waals surface area contributed by atoms with Gasteiger partial charge in [0.2, 0.25) is 0 Å². The number of hydrogen-bond acceptors (Lipinski definition) is 4. The van der Waals surface area contributed by atoms with Crippen LogP contribution in [0, 0.1) is 15.9 Å².